The molecule has 0 saturated carbocycles. The fourth-order valence-corrected chi connectivity index (χ4v) is 4.17. The van der Waals surface area contributed by atoms with Crippen molar-refractivity contribution in [3.8, 4) is 11.1 Å². The molecule has 3 aromatic rings. The number of halogens is 1. The molecule has 6 heteroatoms. The minimum atomic E-state index is -1.04. The van der Waals surface area contributed by atoms with E-state index in [9.17, 15) is 19.1 Å². The predicted octanol–water partition coefficient (Wildman–Crippen LogP) is 4.41. The van der Waals surface area contributed by atoms with Crippen LogP contribution in [0.25, 0.3) is 11.1 Å². The molecule has 0 aromatic heterocycles. The van der Waals surface area contributed by atoms with E-state index in [2.05, 4.69) is 12.1 Å². The van der Waals surface area contributed by atoms with E-state index < -0.39 is 12.0 Å². The van der Waals surface area contributed by atoms with Gasteiger partial charge in [0.25, 0.3) is 0 Å². The van der Waals surface area contributed by atoms with Crippen molar-refractivity contribution in [3.05, 3.63) is 95.3 Å². The lowest BCUT2D eigenvalue weighted by atomic mass is 9.98. The van der Waals surface area contributed by atoms with E-state index in [1.807, 2.05) is 36.4 Å². The number of aliphatic carboxylic acids is 1. The van der Waals surface area contributed by atoms with Crippen LogP contribution in [0.15, 0.2) is 72.8 Å². The van der Waals surface area contributed by atoms with Gasteiger partial charge in [-0.15, -0.1) is 0 Å². The van der Waals surface area contributed by atoms with Crippen LogP contribution in [-0.4, -0.2) is 35.2 Å². The number of carboxylic acid groups (broad SMARTS) is 1. The number of fused-ring (bicyclic) bond motifs is 3. The molecule has 1 amide bonds. The molecule has 0 saturated heterocycles. The van der Waals surface area contributed by atoms with Crippen molar-refractivity contribution < 1.29 is 23.9 Å². The molecule has 0 aliphatic heterocycles. The zero-order chi connectivity index (χ0) is 21.8. The van der Waals surface area contributed by atoms with Crippen LogP contribution >= 0.6 is 0 Å². The van der Waals surface area contributed by atoms with Gasteiger partial charge in [0.2, 0.25) is 6.41 Å². The largest absolute Gasteiger partial charge is 0.481 e. The second-order valence-electron chi connectivity index (χ2n) is 7.57. The highest BCUT2D eigenvalue weighted by Crippen LogP contribution is 2.44. The van der Waals surface area contributed by atoms with Crippen LogP contribution in [-0.2, 0) is 20.8 Å². The summed E-state index contributed by atoms with van der Waals surface area (Å²) in [5, 5.41) is 10.4. The molecule has 0 bridgehead atoms. The Morgan fingerprint density at radius 1 is 1.00 bits per heavy atom. The van der Waals surface area contributed by atoms with Crippen LogP contribution in [0.3, 0.4) is 0 Å². The summed E-state index contributed by atoms with van der Waals surface area (Å²) in [6.45, 7) is 0.201. The SMILES string of the molecule is O=CN(OCC1c2ccccc2-c2ccccc21)[C@H](CC(=O)O)Cc1ccc(F)cc1. The summed E-state index contributed by atoms with van der Waals surface area (Å²) in [6.07, 6.45) is 0.473. The first kappa shape index (κ1) is 20.8. The lowest BCUT2D eigenvalue weighted by molar-refractivity contribution is -0.190. The molecule has 1 aliphatic rings. The number of benzene rings is 3. The minimum absolute atomic E-state index is 0.0638. The van der Waals surface area contributed by atoms with Crippen LogP contribution in [0, 0.1) is 5.82 Å². The Morgan fingerprint density at radius 2 is 1.58 bits per heavy atom. The first-order valence-corrected chi connectivity index (χ1v) is 10.1. The van der Waals surface area contributed by atoms with Gasteiger partial charge < -0.3 is 5.11 Å². The number of hydrogen-bond donors (Lipinski definition) is 1. The summed E-state index contributed by atoms with van der Waals surface area (Å²) in [5.74, 6) is -1.48. The van der Waals surface area contributed by atoms with Crippen molar-refractivity contribution in [1.82, 2.24) is 5.06 Å². The van der Waals surface area contributed by atoms with Crippen molar-refractivity contribution >= 4 is 12.4 Å². The second kappa shape index (κ2) is 9.10. The molecule has 31 heavy (non-hydrogen) atoms. The minimum Gasteiger partial charge on any atom is -0.481 e. The average molecular weight is 419 g/mol. The molecular weight excluding hydrogens is 397 g/mol. The van der Waals surface area contributed by atoms with Gasteiger partial charge in [0.05, 0.1) is 19.1 Å². The number of hydrogen-bond acceptors (Lipinski definition) is 3. The predicted molar refractivity (Wildman–Crippen MR) is 114 cm³/mol. The van der Waals surface area contributed by atoms with Gasteiger partial charge in [0.15, 0.2) is 0 Å². The molecule has 0 spiro atoms. The van der Waals surface area contributed by atoms with Gasteiger partial charge in [0.1, 0.15) is 5.82 Å². The summed E-state index contributed by atoms with van der Waals surface area (Å²) in [4.78, 5) is 29.1. The Kier molecular flexibility index (Phi) is 6.09. The van der Waals surface area contributed by atoms with Crippen molar-refractivity contribution in [3.63, 3.8) is 0 Å². The molecule has 1 N–H and O–H groups in total. The fourth-order valence-electron chi connectivity index (χ4n) is 4.17. The van der Waals surface area contributed by atoms with Gasteiger partial charge >= 0.3 is 5.97 Å². The highest BCUT2D eigenvalue weighted by atomic mass is 19.1. The van der Waals surface area contributed by atoms with Gasteiger partial charge in [-0.25, -0.2) is 9.45 Å². The van der Waals surface area contributed by atoms with E-state index in [-0.39, 0.29) is 31.2 Å². The summed E-state index contributed by atoms with van der Waals surface area (Å²) in [6, 6.07) is 21.2. The van der Waals surface area contributed by atoms with Crippen LogP contribution in [0.4, 0.5) is 4.39 Å². The van der Waals surface area contributed by atoms with Crippen LogP contribution in [0.1, 0.15) is 29.0 Å². The lowest BCUT2D eigenvalue weighted by Crippen LogP contribution is -2.38. The van der Waals surface area contributed by atoms with E-state index in [4.69, 9.17) is 4.84 Å². The summed E-state index contributed by atoms with van der Waals surface area (Å²) in [7, 11) is 0. The van der Waals surface area contributed by atoms with E-state index in [0.29, 0.717) is 6.41 Å². The normalized spacial score (nSPS) is 13.3. The number of carbonyl (C=O) groups excluding carboxylic acids is 1. The maximum atomic E-state index is 13.2. The third-order valence-corrected chi connectivity index (χ3v) is 5.61. The number of carboxylic acids is 1. The van der Waals surface area contributed by atoms with Crippen LogP contribution in [0.5, 0.6) is 0 Å². The first-order chi connectivity index (χ1) is 15.1. The molecular formula is C25H22FNO4. The average Bonchev–Trinajstić information content (AvgIpc) is 3.09. The van der Waals surface area contributed by atoms with Crippen molar-refractivity contribution in [2.75, 3.05) is 6.61 Å². The van der Waals surface area contributed by atoms with E-state index in [1.165, 1.54) is 12.1 Å². The second-order valence-corrected chi connectivity index (χ2v) is 7.57. The maximum absolute atomic E-state index is 13.2. The van der Waals surface area contributed by atoms with Gasteiger partial charge in [-0.3, -0.25) is 14.4 Å². The Labute approximate surface area is 179 Å². The topological polar surface area (TPSA) is 66.8 Å². The maximum Gasteiger partial charge on any atom is 0.305 e. The highest BCUT2D eigenvalue weighted by Gasteiger charge is 2.30. The van der Waals surface area contributed by atoms with Gasteiger partial charge in [-0.05, 0) is 46.4 Å². The standard InChI is InChI=1S/C25H22FNO4/c26-18-11-9-17(10-12-18)13-19(14-25(29)30)27(16-28)31-15-24-22-7-3-1-5-20(22)21-6-2-4-8-23(21)24/h1-12,16,19,24H,13-15H2,(H,29,30)/t19-/m0/s1. The molecule has 1 atom stereocenters. The highest BCUT2D eigenvalue weighted by molar-refractivity contribution is 5.78. The molecule has 158 valence electrons. The molecule has 5 nitrogen and oxygen atoms in total. The molecule has 3 aromatic carbocycles. The number of hydroxylamine groups is 2. The first-order valence-electron chi connectivity index (χ1n) is 10.1. The Morgan fingerprint density at radius 3 is 2.13 bits per heavy atom. The zero-order valence-electron chi connectivity index (χ0n) is 16.8. The number of amides is 1. The van der Waals surface area contributed by atoms with E-state index in [1.54, 1.807) is 12.1 Å². The molecule has 0 unspecified atom stereocenters. The summed E-state index contributed by atoms with van der Waals surface area (Å²) < 4.78 is 13.2. The molecule has 4 rings (SSSR count). The van der Waals surface area contributed by atoms with Crippen LogP contribution < -0.4 is 0 Å². The van der Waals surface area contributed by atoms with Gasteiger partial charge in [-0.2, -0.15) is 0 Å². The summed E-state index contributed by atoms with van der Waals surface area (Å²) >= 11 is 0. The molecule has 1 aliphatic carbocycles. The van der Waals surface area contributed by atoms with Gasteiger partial charge in [-0.1, -0.05) is 60.7 Å². The summed E-state index contributed by atoms with van der Waals surface area (Å²) in [5.41, 5.74) is 5.22. The third kappa shape index (κ3) is 4.49. The van der Waals surface area contributed by atoms with Crippen LogP contribution in [0.2, 0.25) is 0 Å². The number of carbonyl (C=O) groups is 2. The molecule has 0 heterocycles. The molecule has 0 radical (unpaired) electrons. The van der Waals surface area contributed by atoms with Crippen molar-refractivity contribution in [2.45, 2.75) is 24.8 Å². The Bertz CT molecular complexity index is 1040. The monoisotopic (exact) mass is 419 g/mol. The lowest BCUT2D eigenvalue weighted by Gasteiger charge is -2.28. The van der Waals surface area contributed by atoms with Crippen molar-refractivity contribution in [1.29, 1.82) is 0 Å². The quantitative estimate of drug-likeness (QED) is 0.412. The zero-order valence-corrected chi connectivity index (χ0v) is 16.8. The van der Waals surface area contributed by atoms with Gasteiger partial charge in [0, 0.05) is 5.92 Å². The van der Waals surface area contributed by atoms with E-state index >= 15 is 0 Å². The number of nitrogens with zero attached hydrogens (tertiary/aromatic N) is 1. The van der Waals surface area contributed by atoms with Crippen molar-refractivity contribution in [2.24, 2.45) is 0 Å². The third-order valence-electron chi connectivity index (χ3n) is 5.61. The molecule has 0 fully saturated rings. The van der Waals surface area contributed by atoms with E-state index in [0.717, 1.165) is 32.9 Å². The fraction of sp³-hybridized carbons (Fsp3) is 0.200. The smallest absolute Gasteiger partial charge is 0.305 e. The Balaban J connectivity index is 1.54. The Hall–Kier alpha value is -3.51. The number of rotatable bonds is 9.